The van der Waals surface area contributed by atoms with Gasteiger partial charge in [-0.2, -0.15) is 5.10 Å². The predicted molar refractivity (Wildman–Crippen MR) is 94.8 cm³/mol. The van der Waals surface area contributed by atoms with Gasteiger partial charge in [0.25, 0.3) is 5.91 Å². The van der Waals surface area contributed by atoms with Gasteiger partial charge >= 0.3 is 5.69 Å². The molecule has 2 aromatic rings. The molecule has 8 heteroatoms. The van der Waals surface area contributed by atoms with Gasteiger partial charge in [-0.1, -0.05) is 12.1 Å². The molecule has 0 aliphatic rings. The number of benzene rings is 2. The minimum absolute atomic E-state index is 0.160. The van der Waals surface area contributed by atoms with Gasteiger partial charge in [-0.3, -0.25) is 14.9 Å². The molecule has 0 aromatic heterocycles. The average molecular weight is 342 g/mol. The summed E-state index contributed by atoms with van der Waals surface area (Å²) < 4.78 is 5.24. The Kier molecular flexibility index (Phi) is 5.67. The van der Waals surface area contributed by atoms with E-state index in [2.05, 4.69) is 10.5 Å². The van der Waals surface area contributed by atoms with Gasteiger partial charge in [-0.25, -0.2) is 5.43 Å². The molecule has 0 atom stereocenters. The topological polar surface area (TPSA) is 120 Å². The Morgan fingerprint density at radius 1 is 1.32 bits per heavy atom. The van der Waals surface area contributed by atoms with Gasteiger partial charge in [0.15, 0.2) is 5.75 Å². The van der Waals surface area contributed by atoms with Gasteiger partial charge in [0.2, 0.25) is 0 Å². The molecular weight excluding hydrogens is 324 g/mol. The Bertz CT molecular complexity index is 833. The molecule has 0 unspecified atom stereocenters. The van der Waals surface area contributed by atoms with Crippen LogP contribution in [0.15, 0.2) is 47.6 Å². The van der Waals surface area contributed by atoms with E-state index in [1.165, 1.54) is 12.1 Å². The van der Waals surface area contributed by atoms with Crippen LogP contribution in [0.1, 0.15) is 29.8 Å². The number of anilines is 1. The molecule has 0 radical (unpaired) electrons. The highest BCUT2D eigenvalue weighted by molar-refractivity contribution is 6.02. The Morgan fingerprint density at radius 2 is 2.04 bits per heavy atom. The second-order valence-electron chi connectivity index (χ2n) is 5.10. The molecule has 3 N–H and O–H groups in total. The number of nitro groups is 1. The van der Waals surface area contributed by atoms with Crippen LogP contribution >= 0.6 is 0 Å². The zero-order chi connectivity index (χ0) is 18.4. The summed E-state index contributed by atoms with van der Waals surface area (Å²) >= 11 is 0. The minimum atomic E-state index is -0.523. The molecule has 25 heavy (non-hydrogen) atoms. The van der Waals surface area contributed by atoms with E-state index in [1.807, 2.05) is 0 Å². The van der Waals surface area contributed by atoms with Crippen LogP contribution in [0.4, 0.5) is 11.4 Å². The van der Waals surface area contributed by atoms with Crippen LogP contribution in [0.3, 0.4) is 0 Å². The van der Waals surface area contributed by atoms with Crippen LogP contribution in [0.2, 0.25) is 0 Å². The first kappa shape index (κ1) is 17.9. The summed E-state index contributed by atoms with van der Waals surface area (Å²) in [6, 6.07) is 11.1. The molecule has 2 aromatic carbocycles. The molecule has 0 aliphatic heterocycles. The largest absolute Gasteiger partial charge is 0.487 e. The maximum Gasteiger partial charge on any atom is 0.311 e. The van der Waals surface area contributed by atoms with E-state index < -0.39 is 10.8 Å². The molecule has 0 saturated carbocycles. The quantitative estimate of drug-likeness (QED) is 0.362. The average Bonchev–Trinajstić information content (AvgIpc) is 2.60. The molecule has 0 aliphatic carbocycles. The van der Waals surface area contributed by atoms with E-state index in [1.54, 1.807) is 44.2 Å². The number of nitrogens with one attached hydrogen (secondary N) is 1. The Hall–Kier alpha value is -3.42. The van der Waals surface area contributed by atoms with E-state index in [0.717, 1.165) is 0 Å². The number of nitrogens with zero attached hydrogens (tertiary/aromatic N) is 2. The van der Waals surface area contributed by atoms with Crippen molar-refractivity contribution in [1.29, 1.82) is 0 Å². The summed E-state index contributed by atoms with van der Waals surface area (Å²) in [5.74, 6) is -0.275. The first-order chi connectivity index (χ1) is 11.9. The van der Waals surface area contributed by atoms with Gasteiger partial charge in [0, 0.05) is 17.3 Å². The number of nitrogens with two attached hydrogens (primary N) is 1. The van der Waals surface area contributed by atoms with Crippen molar-refractivity contribution in [1.82, 2.24) is 5.43 Å². The lowest BCUT2D eigenvalue weighted by atomic mass is 10.1. The minimum Gasteiger partial charge on any atom is -0.487 e. The number of carbonyl (C=O) groups excluding carboxylic acids is 1. The number of nitrogen functional groups attached to an aromatic ring is 1. The van der Waals surface area contributed by atoms with E-state index in [9.17, 15) is 14.9 Å². The highest BCUT2D eigenvalue weighted by Crippen LogP contribution is 2.28. The van der Waals surface area contributed by atoms with Crippen molar-refractivity contribution in [3.63, 3.8) is 0 Å². The van der Waals surface area contributed by atoms with Gasteiger partial charge < -0.3 is 10.5 Å². The van der Waals surface area contributed by atoms with Gasteiger partial charge in [-0.05, 0) is 38.1 Å². The number of amides is 1. The summed E-state index contributed by atoms with van der Waals surface area (Å²) in [6.07, 6.45) is 0. The van der Waals surface area contributed by atoms with Crippen molar-refractivity contribution >= 4 is 23.0 Å². The van der Waals surface area contributed by atoms with Gasteiger partial charge in [0.05, 0.1) is 22.8 Å². The van der Waals surface area contributed by atoms with Crippen LogP contribution in [0.25, 0.3) is 0 Å². The summed E-state index contributed by atoms with van der Waals surface area (Å²) in [5, 5.41) is 15.1. The second-order valence-corrected chi connectivity index (χ2v) is 5.10. The van der Waals surface area contributed by atoms with Crippen LogP contribution in [-0.2, 0) is 0 Å². The fourth-order valence-electron chi connectivity index (χ4n) is 2.13. The fraction of sp³-hybridized carbons (Fsp3) is 0.176. The Labute approximate surface area is 144 Å². The third-order valence-corrected chi connectivity index (χ3v) is 3.40. The molecule has 0 fully saturated rings. The van der Waals surface area contributed by atoms with Crippen LogP contribution in [0, 0.1) is 10.1 Å². The molecule has 0 heterocycles. The number of hydrogen-bond acceptors (Lipinski definition) is 6. The summed E-state index contributed by atoms with van der Waals surface area (Å²) in [7, 11) is 0. The first-order valence-corrected chi connectivity index (χ1v) is 7.54. The summed E-state index contributed by atoms with van der Waals surface area (Å²) in [5.41, 5.74) is 9.52. The molecule has 2 rings (SSSR count). The number of para-hydroxylation sites is 1. The smallest absolute Gasteiger partial charge is 0.311 e. The third kappa shape index (κ3) is 4.31. The lowest BCUT2D eigenvalue weighted by molar-refractivity contribution is -0.385. The number of ether oxygens (including phenoxy) is 1. The van der Waals surface area contributed by atoms with Crippen molar-refractivity contribution in [2.75, 3.05) is 12.3 Å². The molecule has 8 nitrogen and oxygen atoms in total. The maximum absolute atomic E-state index is 12.1. The summed E-state index contributed by atoms with van der Waals surface area (Å²) in [4.78, 5) is 22.7. The van der Waals surface area contributed by atoms with Gasteiger partial charge in [0.1, 0.15) is 0 Å². The number of carbonyl (C=O) groups is 1. The van der Waals surface area contributed by atoms with E-state index in [-0.39, 0.29) is 11.4 Å². The normalized spacial score (nSPS) is 11.0. The number of nitro benzene ring substituents is 1. The molecular formula is C17H18N4O4. The van der Waals surface area contributed by atoms with Crippen molar-refractivity contribution in [3.05, 3.63) is 63.7 Å². The molecule has 0 saturated heterocycles. The van der Waals surface area contributed by atoms with E-state index in [4.69, 9.17) is 10.5 Å². The molecule has 130 valence electrons. The van der Waals surface area contributed by atoms with Crippen LogP contribution in [-0.4, -0.2) is 23.1 Å². The van der Waals surface area contributed by atoms with Gasteiger partial charge in [-0.15, -0.1) is 0 Å². The first-order valence-electron chi connectivity index (χ1n) is 7.54. The number of hydrazone groups is 1. The Balaban J connectivity index is 2.22. The monoisotopic (exact) mass is 342 g/mol. The molecule has 1 amide bonds. The second kappa shape index (κ2) is 7.91. The lowest BCUT2D eigenvalue weighted by Crippen LogP contribution is -2.20. The highest BCUT2D eigenvalue weighted by atomic mass is 16.6. The maximum atomic E-state index is 12.1. The molecule has 0 bridgehead atoms. The van der Waals surface area contributed by atoms with E-state index in [0.29, 0.717) is 29.1 Å². The highest BCUT2D eigenvalue weighted by Gasteiger charge is 2.17. The van der Waals surface area contributed by atoms with Crippen LogP contribution in [0.5, 0.6) is 5.75 Å². The Morgan fingerprint density at radius 3 is 2.68 bits per heavy atom. The zero-order valence-corrected chi connectivity index (χ0v) is 13.9. The standard InChI is InChI=1S/C17H18N4O4/c1-3-25-16-9-8-12(10-15(16)21(23)24)11(2)19-20-17(22)13-6-4-5-7-14(13)18/h4-10H,3,18H2,1-2H3,(H,20,22)/b19-11-. The number of hydrogen-bond donors (Lipinski definition) is 2. The number of rotatable bonds is 6. The lowest BCUT2D eigenvalue weighted by Gasteiger charge is -2.07. The third-order valence-electron chi connectivity index (χ3n) is 3.40. The SMILES string of the molecule is CCOc1ccc(/C(C)=N\NC(=O)c2ccccc2N)cc1[N+](=O)[O-]. The van der Waals surface area contributed by atoms with Crippen molar-refractivity contribution in [2.24, 2.45) is 5.10 Å². The predicted octanol–water partition coefficient (Wildman–Crippen LogP) is 2.73. The van der Waals surface area contributed by atoms with Crippen molar-refractivity contribution in [2.45, 2.75) is 13.8 Å². The zero-order valence-electron chi connectivity index (χ0n) is 13.9. The van der Waals surface area contributed by atoms with Crippen molar-refractivity contribution < 1.29 is 14.5 Å². The van der Waals surface area contributed by atoms with Crippen LogP contribution < -0.4 is 15.9 Å². The van der Waals surface area contributed by atoms with E-state index >= 15 is 0 Å². The summed E-state index contributed by atoms with van der Waals surface area (Å²) in [6.45, 7) is 3.70. The fourth-order valence-corrected chi connectivity index (χ4v) is 2.13. The molecule has 0 spiro atoms. The van der Waals surface area contributed by atoms with Crippen molar-refractivity contribution in [3.8, 4) is 5.75 Å².